The van der Waals surface area contributed by atoms with E-state index in [9.17, 15) is 13.2 Å². The molecule has 0 bridgehead atoms. The van der Waals surface area contributed by atoms with Crippen molar-refractivity contribution in [1.82, 2.24) is 9.55 Å². The molecule has 0 aliphatic carbocycles. The Balaban J connectivity index is 2.35. The Morgan fingerprint density at radius 2 is 1.28 bits per heavy atom. The number of rotatable bonds is 4. The number of alkyl halides is 5. The highest BCUT2D eigenvalue weighted by Gasteiger charge is 2.57. The third kappa shape index (κ3) is 3.24. The molecule has 25 heavy (non-hydrogen) atoms. The van der Waals surface area contributed by atoms with E-state index in [0.29, 0.717) is 11.1 Å². The van der Waals surface area contributed by atoms with E-state index in [4.69, 9.17) is 34.8 Å². The van der Waals surface area contributed by atoms with Gasteiger partial charge in [0.15, 0.2) is 0 Å². The summed E-state index contributed by atoms with van der Waals surface area (Å²) in [7, 11) is 0. The van der Waals surface area contributed by atoms with E-state index in [0.717, 1.165) is 0 Å². The molecular formula is C17H10Cl3F3N2. The van der Waals surface area contributed by atoms with Crippen LogP contribution >= 0.6 is 34.8 Å². The minimum absolute atomic E-state index is 0.0925. The second-order valence-electron chi connectivity index (χ2n) is 5.18. The summed E-state index contributed by atoms with van der Waals surface area (Å²) in [5.74, 6) is 0. The molecule has 130 valence electrons. The van der Waals surface area contributed by atoms with Gasteiger partial charge in [-0.1, -0.05) is 83.9 Å². The Labute approximate surface area is 156 Å². The zero-order chi connectivity index (χ0) is 18.2. The second-order valence-corrected chi connectivity index (χ2v) is 6.76. The zero-order valence-corrected chi connectivity index (χ0v) is 14.7. The van der Waals surface area contributed by atoms with Crippen molar-refractivity contribution in [2.24, 2.45) is 0 Å². The first-order valence-electron chi connectivity index (χ1n) is 7.07. The van der Waals surface area contributed by atoms with Gasteiger partial charge >= 0.3 is 10.6 Å². The predicted octanol–water partition coefficient (Wildman–Crippen LogP) is 6.52. The smallest absolute Gasteiger partial charge is 0.248 e. The van der Waals surface area contributed by atoms with Crippen molar-refractivity contribution >= 4 is 34.8 Å². The van der Waals surface area contributed by atoms with Gasteiger partial charge in [0, 0.05) is 11.1 Å². The van der Waals surface area contributed by atoms with Crippen molar-refractivity contribution in [3.05, 3.63) is 65.9 Å². The Bertz CT molecular complexity index is 875. The van der Waals surface area contributed by atoms with Gasteiger partial charge in [0.1, 0.15) is 0 Å². The number of aromatic nitrogens is 2. The van der Waals surface area contributed by atoms with E-state index >= 15 is 0 Å². The fraction of sp³-hybridized carbons (Fsp3) is 0.118. The van der Waals surface area contributed by atoms with Crippen molar-refractivity contribution in [3.8, 4) is 22.5 Å². The Morgan fingerprint density at radius 1 is 0.800 bits per heavy atom. The van der Waals surface area contributed by atoms with Gasteiger partial charge in [-0.05, 0) is 11.6 Å². The van der Waals surface area contributed by atoms with Crippen molar-refractivity contribution in [2.75, 3.05) is 0 Å². The van der Waals surface area contributed by atoms with Crippen LogP contribution in [-0.4, -0.2) is 14.1 Å². The molecule has 3 rings (SSSR count). The van der Waals surface area contributed by atoms with Crippen LogP contribution in [0.25, 0.3) is 22.5 Å². The monoisotopic (exact) mass is 404 g/mol. The van der Waals surface area contributed by atoms with Gasteiger partial charge < -0.3 is 0 Å². The summed E-state index contributed by atoms with van der Waals surface area (Å²) < 4.78 is 39.3. The molecule has 0 N–H and O–H groups in total. The first kappa shape index (κ1) is 18.1. The summed E-state index contributed by atoms with van der Waals surface area (Å²) in [5.41, 5.74) is 0.962. The lowest BCUT2D eigenvalue weighted by atomic mass is 10.0. The quantitative estimate of drug-likeness (QED) is 0.452. The Morgan fingerprint density at radius 3 is 1.76 bits per heavy atom. The first-order chi connectivity index (χ1) is 11.7. The normalized spacial score (nSPS) is 12.4. The Kier molecular flexibility index (Phi) is 4.75. The van der Waals surface area contributed by atoms with Crippen molar-refractivity contribution in [3.63, 3.8) is 0 Å². The molecule has 0 radical (unpaired) electrons. The van der Waals surface area contributed by atoms with Crippen LogP contribution in [0.3, 0.4) is 0 Å². The molecule has 8 heteroatoms. The molecule has 1 aromatic heterocycles. The molecule has 0 saturated carbocycles. The van der Waals surface area contributed by atoms with E-state index in [1.165, 1.54) is 0 Å². The standard InChI is InChI=1S/C17H10Cl3F3N2/c18-15-24-13(11-7-3-1-4-8-11)14(12-9-5-2-6-10-12)25(15)17(22,23)16(19,20)21/h1-10H. The SMILES string of the molecule is FC(Cl)(Cl)C(F)(F)n1c(Cl)nc(-c2ccccc2)c1-c1ccccc1. The van der Waals surface area contributed by atoms with E-state index in [-0.39, 0.29) is 16.0 Å². The predicted molar refractivity (Wildman–Crippen MR) is 93.8 cm³/mol. The molecule has 0 amide bonds. The molecule has 1 heterocycles. The molecule has 0 aliphatic heterocycles. The van der Waals surface area contributed by atoms with Gasteiger partial charge in [-0.2, -0.15) is 13.2 Å². The first-order valence-corrected chi connectivity index (χ1v) is 8.21. The van der Waals surface area contributed by atoms with Crippen LogP contribution in [0.15, 0.2) is 60.7 Å². The maximum Gasteiger partial charge on any atom is 0.394 e. The Hall–Kier alpha value is -1.69. The van der Waals surface area contributed by atoms with Crippen LogP contribution < -0.4 is 0 Å². The van der Waals surface area contributed by atoms with Crippen LogP contribution in [0.1, 0.15) is 0 Å². The van der Waals surface area contributed by atoms with Crippen LogP contribution in [0.2, 0.25) is 5.28 Å². The van der Waals surface area contributed by atoms with Gasteiger partial charge in [0.25, 0.3) is 0 Å². The molecular weight excluding hydrogens is 396 g/mol. The van der Waals surface area contributed by atoms with Gasteiger partial charge in [-0.15, -0.1) is 0 Å². The highest BCUT2D eigenvalue weighted by molar-refractivity contribution is 6.47. The number of nitrogens with zero attached hydrogens (tertiary/aromatic N) is 2. The molecule has 0 aliphatic rings. The second kappa shape index (κ2) is 6.56. The van der Waals surface area contributed by atoms with E-state index < -0.39 is 15.9 Å². The molecule has 0 spiro atoms. The fourth-order valence-electron chi connectivity index (χ4n) is 2.44. The van der Waals surface area contributed by atoms with Crippen LogP contribution in [0.4, 0.5) is 13.2 Å². The highest BCUT2D eigenvalue weighted by atomic mass is 35.5. The maximum atomic E-state index is 14.6. The van der Waals surface area contributed by atoms with Crippen LogP contribution in [0, 0.1) is 0 Å². The third-order valence-electron chi connectivity index (χ3n) is 3.55. The van der Waals surface area contributed by atoms with Crippen molar-refractivity contribution in [1.29, 1.82) is 0 Å². The molecule has 2 nitrogen and oxygen atoms in total. The average Bonchev–Trinajstić information content (AvgIpc) is 2.93. The van der Waals surface area contributed by atoms with Crippen LogP contribution in [-0.2, 0) is 6.05 Å². The fourth-order valence-corrected chi connectivity index (χ4v) is 2.88. The third-order valence-corrected chi connectivity index (χ3v) is 4.26. The number of benzene rings is 2. The summed E-state index contributed by atoms with van der Waals surface area (Å²) >= 11 is 16.1. The number of hydrogen-bond donors (Lipinski definition) is 0. The van der Waals surface area contributed by atoms with Crippen molar-refractivity contribution < 1.29 is 13.2 Å². The summed E-state index contributed by atoms with van der Waals surface area (Å²) in [6.45, 7) is 0. The summed E-state index contributed by atoms with van der Waals surface area (Å²) in [6, 6.07) is 12.4. The van der Waals surface area contributed by atoms with Crippen LogP contribution in [0.5, 0.6) is 0 Å². The number of halogens is 6. The molecule has 0 saturated heterocycles. The van der Waals surface area contributed by atoms with Crippen molar-refractivity contribution in [2.45, 2.75) is 10.6 Å². The van der Waals surface area contributed by atoms with Gasteiger partial charge in [-0.3, -0.25) is 0 Å². The van der Waals surface area contributed by atoms with E-state index in [1.807, 2.05) is 0 Å². The maximum absolute atomic E-state index is 14.6. The van der Waals surface area contributed by atoms with E-state index in [1.54, 1.807) is 60.7 Å². The molecule has 0 atom stereocenters. The lowest BCUT2D eigenvalue weighted by Gasteiger charge is -2.26. The highest BCUT2D eigenvalue weighted by Crippen LogP contribution is 2.49. The largest absolute Gasteiger partial charge is 0.394 e. The van der Waals surface area contributed by atoms with Gasteiger partial charge in [0.05, 0.1) is 11.4 Å². The lowest BCUT2D eigenvalue weighted by molar-refractivity contribution is -0.130. The minimum atomic E-state index is -4.35. The molecule has 3 aromatic rings. The summed E-state index contributed by atoms with van der Waals surface area (Å²) in [4.78, 5) is 4.00. The molecule has 0 fully saturated rings. The number of hydrogen-bond acceptors (Lipinski definition) is 1. The van der Waals surface area contributed by atoms with Gasteiger partial charge in [0.2, 0.25) is 5.28 Å². The summed E-state index contributed by atoms with van der Waals surface area (Å²) in [5, 5.41) is -0.633. The minimum Gasteiger partial charge on any atom is -0.248 e. The average molecular weight is 406 g/mol. The lowest BCUT2D eigenvalue weighted by Crippen LogP contribution is -2.38. The van der Waals surface area contributed by atoms with Gasteiger partial charge in [-0.25, -0.2) is 9.55 Å². The molecule has 0 unspecified atom stereocenters. The number of imidazole rings is 1. The molecule has 2 aromatic carbocycles. The summed E-state index contributed by atoms with van der Waals surface area (Å²) in [6.07, 6.45) is 0. The topological polar surface area (TPSA) is 17.8 Å². The van der Waals surface area contributed by atoms with E-state index in [2.05, 4.69) is 4.98 Å². The zero-order valence-electron chi connectivity index (χ0n) is 12.4.